The average Bonchev–Trinajstić information content (AvgIpc) is 3.82. The summed E-state index contributed by atoms with van der Waals surface area (Å²) < 4.78 is 5.42. The van der Waals surface area contributed by atoms with Gasteiger partial charge in [-0.1, -0.05) is 59.6 Å². The first kappa shape index (κ1) is 27.2. The molecule has 2 bridgehead atoms. The molecule has 4 aliphatic carbocycles. The number of pyridine rings is 1. The van der Waals surface area contributed by atoms with E-state index < -0.39 is 12.6 Å². The summed E-state index contributed by atoms with van der Waals surface area (Å²) in [4.78, 5) is 59.1. The molecular formula is C35H24Cl2N2O5. The highest BCUT2D eigenvalue weighted by Gasteiger charge is 2.67. The zero-order valence-electron chi connectivity index (χ0n) is 23.2. The van der Waals surface area contributed by atoms with Crippen molar-refractivity contribution >= 4 is 63.4 Å². The molecule has 2 amide bonds. The molecule has 218 valence electrons. The molecule has 6 unspecified atom stereocenters. The number of fused-ring (bicyclic) bond motifs is 1. The average molecular weight is 623 g/mol. The minimum atomic E-state index is -0.697. The van der Waals surface area contributed by atoms with Gasteiger partial charge in [-0.2, -0.15) is 0 Å². The summed E-state index contributed by atoms with van der Waals surface area (Å²) in [6.45, 7) is -0.451. The van der Waals surface area contributed by atoms with Crippen molar-refractivity contribution in [3.63, 3.8) is 0 Å². The summed E-state index contributed by atoms with van der Waals surface area (Å²) in [7, 11) is 0. The molecule has 0 radical (unpaired) electrons. The van der Waals surface area contributed by atoms with Crippen LogP contribution in [0.1, 0.15) is 27.1 Å². The van der Waals surface area contributed by atoms with Gasteiger partial charge in [-0.15, -0.1) is 0 Å². The van der Waals surface area contributed by atoms with Crippen LogP contribution >= 0.6 is 23.2 Å². The molecule has 2 heterocycles. The summed E-state index contributed by atoms with van der Waals surface area (Å²) in [6, 6.07) is 20.1. The molecule has 3 aromatic carbocycles. The van der Waals surface area contributed by atoms with Crippen LogP contribution in [0.4, 0.5) is 5.69 Å². The second-order valence-corrected chi connectivity index (χ2v) is 12.8. The standard InChI is InChI=1S/C35H24Cl2N2O5/c36-19-8-4-18(5-9-19)29(40)16-44-35(43)26-15-28(38-32-23(26)2-1-3-27(32)37)17-6-10-20(11-7-17)39-33(41)30-21-12-13-22(25-14-24(21)25)31(30)34(39)42/h1-13,15,21-22,24-25,30-31H,14,16H2. The van der Waals surface area contributed by atoms with Crippen LogP contribution in [0.2, 0.25) is 10.0 Å². The molecule has 0 spiro atoms. The Bertz CT molecular complexity index is 1900. The fourth-order valence-electron chi connectivity index (χ4n) is 7.45. The predicted octanol–water partition coefficient (Wildman–Crippen LogP) is 6.81. The Morgan fingerprint density at radius 1 is 0.864 bits per heavy atom. The largest absolute Gasteiger partial charge is 0.454 e. The van der Waals surface area contributed by atoms with Gasteiger partial charge in [0, 0.05) is 21.5 Å². The highest BCUT2D eigenvalue weighted by Crippen LogP contribution is 2.65. The third-order valence-corrected chi connectivity index (χ3v) is 10.2. The van der Waals surface area contributed by atoms with Crippen LogP contribution in [0.15, 0.2) is 84.9 Å². The van der Waals surface area contributed by atoms with Crippen LogP contribution in [0.25, 0.3) is 22.2 Å². The monoisotopic (exact) mass is 622 g/mol. The van der Waals surface area contributed by atoms with Crippen LogP contribution in [0.3, 0.4) is 0 Å². The van der Waals surface area contributed by atoms with Gasteiger partial charge in [0.1, 0.15) is 0 Å². The number of esters is 1. The number of carbonyl (C=O) groups excluding carboxylic acids is 4. The first-order valence-electron chi connectivity index (χ1n) is 14.5. The van der Waals surface area contributed by atoms with E-state index in [1.807, 2.05) is 0 Å². The third-order valence-electron chi connectivity index (χ3n) is 9.59. The molecule has 3 fully saturated rings. The Morgan fingerprint density at radius 2 is 1.52 bits per heavy atom. The van der Waals surface area contributed by atoms with E-state index in [4.69, 9.17) is 32.9 Å². The molecular weight excluding hydrogens is 599 g/mol. The van der Waals surface area contributed by atoms with Crippen molar-refractivity contribution in [3.05, 3.63) is 106 Å². The molecule has 9 heteroatoms. The number of hydrogen-bond acceptors (Lipinski definition) is 6. The SMILES string of the molecule is O=C(COC(=O)c1cc(-c2ccc(N3C(=O)C4C5C=CC(C6CC56)C4C3=O)cc2)nc2c(Cl)cccc12)c1ccc(Cl)cc1. The maximum atomic E-state index is 13.5. The Balaban J connectivity index is 1.07. The molecule has 7 nitrogen and oxygen atoms in total. The molecule has 4 aromatic rings. The number of Topliss-reactive ketones (excluding diaryl/α,β-unsaturated/α-hetero) is 1. The maximum Gasteiger partial charge on any atom is 0.339 e. The van der Waals surface area contributed by atoms with Gasteiger partial charge >= 0.3 is 5.97 Å². The molecule has 1 aliphatic heterocycles. The van der Waals surface area contributed by atoms with Crippen molar-refractivity contribution in [3.8, 4) is 11.3 Å². The van der Waals surface area contributed by atoms with Crippen LogP contribution in [0, 0.1) is 35.5 Å². The lowest BCUT2D eigenvalue weighted by Gasteiger charge is -2.37. The Morgan fingerprint density at radius 3 is 2.18 bits per heavy atom. The van der Waals surface area contributed by atoms with Crippen molar-refractivity contribution in [2.24, 2.45) is 35.5 Å². The van der Waals surface area contributed by atoms with Gasteiger partial charge in [0.05, 0.1) is 39.3 Å². The van der Waals surface area contributed by atoms with Crippen molar-refractivity contribution in [1.82, 2.24) is 4.98 Å². The number of amides is 2. The lowest BCUT2D eigenvalue weighted by molar-refractivity contribution is -0.124. The predicted molar refractivity (Wildman–Crippen MR) is 165 cm³/mol. The summed E-state index contributed by atoms with van der Waals surface area (Å²) in [5.41, 5.74) is 2.61. The Kier molecular flexibility index (Phi) is 6.26. The van der Waals surface area contributed by atoms with Crippen molar-refractivity contribution < 1.29 is 23.9 Å². The van der Waals surface area contributed by atoms with Crippen LogP contribution in [-0.4, -0.2) is 35.2 Å². The van der Waals surface area contributed by atoms with Gasteiger partial charge in [-0.3, -0.25) is 19.3 Å². The molecule has 6 atom stereocenters. The summed E-state index contributed by atoms with van der Waals surface area (Å²) in [6.07, 6.45) is 5.43. The zero-order chi connectivity index (χ0) is 30.3. The number of anilines is 1. The minimum Gasteiger partial charge on any atom is -0.454 e. The first-order chi connectivity index (χ1) is 21.3. The van der Waals surface area contributed by atoms with Gasteiger partial charge in [-0.05, 0) is 78.6 Å². The normalized spacial score (nSPS) is 26.1. The second-order valence-electron chi connectivity index (χ2n) is 11.9. The molecule has 9 rings (SSSR count). The summed E-state index contributed by atoms with van der Waals surface area (Å²) in [5, 5.41) is 1.33. The number of aromatic nitrogens is 1. The van der Waals surface area contributed by atoms with E-state index in [9.17, 15) is 19.2 Å². The van der Waals surface area contributed by atoms with E-state index in [1.165, 1.54) is 4.90 Å². The number of ketones is 1. The highest BCUT2D eigenvalue weighted by molar-refractivity contribution is 6.35. The van der Waals surface area contributed by atoms with Gasteiger partial charge in [0.15, 0.2) is 12.4 Å². The smallest absolute Gasteiger partial charge is 0.339 e. The van der Waals surface area contributed by atoms with Crippen molar-refractivity contribution in [1.29, 1.82) is 0 Å². The topological polar surface area (TPSA) is 93.6 Å². The van der Waals surface area contributed by atoms with E-state index in [-0.39, 0.29) is 46.8 Å². The fourth-order valence-corrected chi connectivity index (χ4v) is 7.79. The number of benzene rings is 3. The van der Waals surface area contributed by atoms with E-state index in [0.717, 1.165) is 6.42 Å². The molecule has 1 aromatic heterocycles. The summed E-state index contributed by atoms with van der Waals surface area (Å²) >= 11 is 12.4. The first-order valence-corrected chi connectivity index (χ1v) is 15.3. The fraction of sp³-hybridized carbons (Fsp3) is 0.229. The number of rotatable bonds is 6. The summed E-state index contributed by atoms with van der Waals surface area (Å²) in [5.74, 6) is -0.469. The lowest BCUT2D eigenvalue weighted by atomic mass is 9.63. The molecule has 2 saturated carbocycles. The van der Waals surface area contributed by atoms with Crippen molar-refractivity contribution in [2.45, 2.75) is 6.42 Å². The van der Waals surface area contributed by atoms with Crippen LogP contribution in [-0.2, 0) is 14.3 Å². The second kappa shape index (κ2) is 10.1. The number of halogens is 2. The zero-order valence-corrected chi connectivity index (χ0v) is 24.7. The molecule has 5 aliphatic rings. The highest BCUT2D eigenvalue weighted by atomic mass is 35.5. The van der Waals surface area contributed by atoms with Gasteiger partial charge in [0.25, 0.3) is 0 Å². The minimum absolute atomic E-state index is 0.119. The van der Waals surface area contributed by atoms with Gasteiger partial charge in [-0.25, -0.2) is 9.78 Å². The number of carbonyl (C=O) groups is 4. The Hall–Kier alpha value is -4.33. The van der Waals surface area contributed by atoms with Crippen LogP contribution < -0.4 is 4.90 Å². The number of hydrogen-bond donors (Lipinski definition) is 0. The number of allylic oxidation sites excluding steroid dienone is 2. The Labute approximate surface area is 262 Å². The number of nitrogens with zero attached hydrogens (tertiary/aromatic N) is 2. The van der Waals surface area contributed by atoms with E-state index in [1.54, 1.807) is 72.8 Å². The maximum absolute atomic E-state index is 13.5. The van der Waals surface area contributed by atoms with E-state index >= 15 is 0 Å². The molecule has 44 heavy (non-hydrogen) atoms. The quantitative estimate of drug-likeness (QED) is 0.102. The van der Waals surface area contributed by atoms with Gasteiger partial charge in [0.2, 0.25) is 11.8 Å². The third kappa shape index (κ3) is 4.21. The molecule has 0 N–H and O–H groups in total. The molecule has 1 saturated heterocycles. The number of ether oxygens (including phenoxy) is 1. The lowest BCUT2D eigenvalue weighted by Crippen LogP contribution is -2.40. The van der Waals surface area contributed by atoms with Crippen LogP contribution in [0.5, 0.6) is 0 Å². The van der Waals surface area contributed by atoms with Gasteiger partial charge < -0.3 is 4.74 Å². The van der Waals surface area contributed by atoms with E-state index in [2.05, 4.69) is 12.2 Å². The number of imide groups is 1. The van der Waals surface area contributed by atoms with E-state index in [0.29, 0.717) is 55.3 Å². The van der Waals surface area contributed by atoms with Crippen molar-refractivity contribution in [2.75, 3.05) is 11.5 Å². The number of para-hydroxylation sites is 1.